The minimum atomic E-state index is -0.626. The molecule has 1 aromatic carbocycles. The summed E-state index contributed by atoms with van der Waals surface area (Å²) in [7, 11) is 0. The first-order valence-electron chi connectivity index (χ1n) is 6.44. The summed E-state index contributed by atoms with van der Waals surface area (Å²) >= 11 is 0. The molecular weight excluding hydrogens is 240 g/mol. The van der Waals surface area contributed by atoms with Crippen molar-refractivity contribution in [2.45, 2.75) is 33.1 Å². The molecule has 4 heteroatoms. The molecule has 0 saturated carbocycles. The Morgan fingerprint density at radius 3 is 2.21 bits per heavy atom. The maximum Gasteiger partial charge on any atom is 0.230 e. The summed E-state index contributed by atoms with van der Waals surface area (Å²) in [5.41, 5.74) is 6.31. The largest absolute Gasteiger partial charge is 0.399 e. The minimum Gasteiger partial charge on any atom is -0.399 e. The molecular formula is C15H24N2O2. The Bertz CT molecular complexity index is 436. The summed E-state index contributed by atoms with van der Waals surface area (Å²) in [5.74, 6) is -0.0567. The first kappa shape index (κ1) is 15.5. The summed E-state index contributed by atoms with van der Waals surface area (Å²) in [6.07, 6.45) is 0. The molecule has 0 aromatic heterocycles. The number of carbonyl (C=O) groups excluding carboxylic acids is 1. The third kappa shape index (κ3) is 3.96. The van der Waals surface area contributed by atoms with Crippen LogP contribution in [0.25, 0.3) is 0 Å². The van der Waals surface area contributed by atoms with Gasteiger partial charge in [-0.2, -0.15) is 0 Å². The van der Waals surface area contributed by atoms with Crippen molar-refractivity contribution >= 4 is 11.6 Å². The van der Waals surface area contributed by atoms with Gasteiger partial charge < -0.3 is 16.2 Å². The number of carbonyl (C=O) groups is 1. The number of hydrogen-bond acceptors (Lipinski definition) is 3. The highest BCUT2D eigenvalue weighted by Gasteiger charge is 2.30. The van der Waals surface area contributed by atoms with Crippen LogP contribution in [0.4, 0.5) is 5.69 Å². The minimum absolute atomic E-state index is 0.0373. The lowest BCUT2D eigenvalue weighted by atomic mass is 9.83. The van der Waals surface area contributed by atoms with E-state index in [0.29, 0.717) is 12.2 Å². The number of aliphatic hydroxyl groups is 1. The zero-order valence-electron chi connectivity index (χ0n) is 12.2. The van der Waals surface area contributed by atoms with E-state index in [1.54, 1.807) is 12.1 Å². The average molecular weight is 264 g/mol. The zero-order chi connectivity index (χ0) is 14.7. The van der Waals surface area contributed by atoms with Crippen LogP contribution in [0.2, 0.25) is 0 Å². The third-order valence-corrected chi connectivity index (χ3v) is 3.36. The molecule has 1 amide bonds. The van der Waals surface area contributed by atoms with Crippen LogP contribution >= 0.6 is 0 Å². The molecule has 0 bridgehead atoms. The van der Waals surface area contributed by atoms with Crippen molar-refractivity contribution in [2.24, 2.45) is 5.41 Å². The van der Waals surface area contributed by atoms with Gasteiger partial charge in [-0.1, -0.05) is 26.0 Å². The molecule has 4 N–H and O–H groups in total. The van der Waals surface area contributed by atoms with E-state index >= 15 is 0 Å². The number of nitrogens with two attached hydrogens (primary N) is 1. The SMILES string of the molecule is CC(C)(CO)CNC(=O)C(C)(C)c1ccc(N)cc1. The van der Waals surface area contributed by atoms with Crippen molar-refractivity contribution in [3.05, 3.63) is 29.8 Å². The fraction of sp³-hybridized carbons (Fsp3) is 0.533. The van der Waals surface area contributed by atoms with Crippen LogP contribution in [-0.2, 0) is 10.2 Å². The third-order valence-electron chi connectivity index (χ3n) is 3.36. The van der Waals surface area contributed by atoms with E-state index in [1.807, 2.05) is 39.8 Å². The van der Waals surface area contributed by atoms with Crippen LogP contribution < -0.4 is 11.1 Å². The van der Waals surface area contributed by atoms with E-state index in [2.05, 4.69) is 5.32 Å². The van der Waals surface area contributed by atoms with Gasteiger partial charge in [0.15, 0.2) is 0 Å². The van der Waals surface area contributed by atoms with E-state index in [4.69, 9.17) is 5.73 Å². The standard InChI is InChI=1S/C15H24N2O2/c1-14(2,10-18)9-17-13(19)15(3,4)11-5-7-12(16)8-6-11/h5-8,18H,9-10,16H2,1-4H3,(H,17,19). The van der Waals surface area contributed by atoms with Gasteiger partial charge in [0.2, 0.25) is 5.91 Å². The van der Waals surface area contributed by atoms with Gasteiger partial charge in [0, 0.05) is 24.3 Å². The van der Waals surface area contributed by atoms with Crippen molar-refractivity contribution in [3.8, 4) is 0 Å². The number of hydrogen-bond donors (Lipinski definition) is 3. The highest BCUT2D eigenvalue weighted by molar-refractivity contribution is 5.87. The number of aliphatic hydroxyl groups excluding tert-OH is 1. The van der Waals surface area contributed by atoms with E-state index in [-0.39, 0.29) is 17.9 Å². The van der Waals surface area contributed by atoms with Gasteiger partial charge in [-0.15, -0.1) is 0 Å². The zero-order valence-corrected chi connectivity index (χ0v) is 12.2. The quantitative estimate of drug-likeness (QED) is 0.708. The van der Waals surface area contributed by atoms with Crippen LogP contribution in [0.3, 0.4) is 0 Å². The topological polar surface area (TPSA) is 75.3 Å². The molecule has 0 unspecified atom stereocenters. The number of anilines is 1. The highest BCUT2D eigenvalue weighted by Crippen LogP contribution is 2.24. The molecule has 0 aliphatic carbocycles. The van der Waals surface area contributed by atoms with Gasteiger partial charge in [0.05, 0.1) is 5.41 Å². The van der Waals surface area contributed by atoms with Crippen molar-refractivity contribution in [2.75, 3.05) is 18.9 Å². The smallest absolute Gasteiger partial charge is 0.230 e. The summed E-state index contributed by atoms with van der Waals surface area (Å²) < 4.78 is 0. The van der Waals surface area contributed by atoms with E-state index in [9.17, 15) is 9.90 Å². The highest BCUT2D eigenvalue weighted by atomic mass is 16.3. The number of nitrogens with one attached hydrogen (secondary N) is 1. The summed E-state index contributed by atoms with van der Waals surface area (Å²) in [6, 6.07) is 7.32. The van der Waals surface area contributed by atoms with Crippen molar-refractivity contribution in [1.82, 2.24) is 5.32 Å². The van der Waals surface area contributed by atoms with Crippen molar-refractivity contribution in [3.63, 3.8) is 0 Å². The van der Waals surface area contributed by atoms with Crippen LogP contribution in [-0.4, -0.2) is 24.2 Å². The molecule has 0 fully saturated rings. The first-order chi connectivity index (χ1) is 8.69. The van der Waals surface area contributed by atoms with E-state index < -0.39 is 5.41 Å². The van der Waals surface area contributed by atoms with Crippen molar-refractivity contribution in [1.29, 1.82) is 0 Å². The van der Waals surface area contributed by atoms with Gasteiger partial charge in [-0.3, -0.25) is 4.79 Å². The predicted molar refractivity (Wildman–Crippen MR) is 77.8 cm³/mol. The van der Waals surface area contributed by atoms with Gasteiger partial charge in [-0.05, 0) is 31.5 Å². The molecule has 1 rings (SSSR count). The molecule has 0 heterocycles. The number of nitrogen functional groups attached to an aromatic ring is 1. The Labute approximate surface area is 115 Å². The molecule has 106 valence electrons. The van der Waals surface area contributed by atoms with Gasteiger partial charge in [0.25, 0.3) is 0 Å². The lowest BCUT2D eigenvalue weighted by molar-refractivity contribution is -0.126. The number of rotatable bonds is 5. The maximum absolute atomic E-state index is 12.3. The van der Waals surface area contributed by atoms with Crippen LogP contribution in [0, 0.1) is 5.41 Å². The molecule has 0 radical (unpaired) electrons. The summed E-state index contributed by atoms with van der Waals surface area (Å²) in [5, 5.41) is 12.1. The van der Waals surface area contributed by atoms with Crippen LogP contribution in [0.15, 0.2) is 24.3 Å². The Hall–Kier alpha value is -1.55. The van der Waals surface area contributed by atoms with Crippen LogP contribution in [0.1, 0.15) is 33.3 Å². The molecule has 1 aromatic rings. The van der Waals surface area contributed by atoms with Crippen LogP contribution in [0.5, 0.6) is 0 Å². The normalized spacial score (nSPS) is 12.3. The second kappa shape index (κ2) is 5.61. The Balaban J connectivity index is 2.77. The predicted octanol–water partition coefficient (Wildman–Crippen LogP) is 1.68. The average Bonchev–Trinajstić information content (AvgIpc) is 2.36. The first-order valence-corrected chi connectivity index (χ1v) is 6.44. The second-order valence-corrected chi connectivity index (χ2v) is 6.25. The Kier molecular flexibility index (Phi) is 4.58. The molecule has 4 nitrogen and oxygen atoms in total. The monoisotopic (exact) mass is 264 g/mol. The van der Waals surface area contributed by atoms with Gasteiger partial charge >= 0.3 is 0 Å². The lowest BCUT2D eigenvalue weighted by Gasteiger charge is -2.28. The fourth-order valence-electron chi connectivity index (χ4n) is 1.63. The van der Waals surface area contributed by atoms with E-state index in [0.717, 1.165) is 5.56 Å². The number of benzene rings is 1. The number of amides is 1. The maximum atomic E-state index is 12.3. The molecule has 0 aliphatic heterocycles. The summed E-state index contributed by atoms with van der Waals surface area (Å²) in [4.78, 5) is 12.3. The Morgan fingerprint density at radius 1 is 1.21 bits per heavy atom. The Morgan fingerprint density at radius 2 is 1.74 bits per heavy atom. The van der Waals surface area contributed by atoms with Crippen molar-refractivity contribution < 1.29 is 9.90 Å². The molecule has 0 spiro atoms. The lowest BCUT2D eigenvalue weighted by Crippen LogP contribution is -2.44. The van der Waals surface area contributed by atoms with Gasteiger partial charge in [-0.25, -0.2) is 0 Å². The molecule has 0 atom stereocenters. The van der Waals surface area contributed by atoms with Gasteiger partial charge in [0.1, 0.15) is 0 Å². The fourth-order valence-corrected chi connectivity index (χ4v) is 1.63. The van der Waals surface area contributed by atoms with E-state index in [1.165, 1.54) is 0 Å². The molecule has 0 aliphatic rings. The second-order valence-electron chi connectivity index (χ2n) is 6.25. The molecule has 0 saturated heterocycles. The summed E-state index contributed by atoms with van der Waals surface area (Å²) in [6.45, 7) is 8.04. The molecule has 19 heavy (non-hydrogen) atoms.